The number of fused-ring (bicyclic) bond motifs is 1. The maximum Gasteiger partial charge on any atom is 0.330 e. The second-order valence-corrected chi connectivity index (χ2v) is 8.19. The first kappa shape index (κ1) is 23.5. The van der Waals surface area contributed by atoms with E-state index in [2.05, 4.69) is 29.1 Å². The number of hydrogen-bond acceptors (Lipinski definition) is 4. The van der Waals surface area contributed by atoms with Crippen molar-refractivity contribution in [1.29, 1.82) is 0 Å². The molecule has 8 heteroatoms. The maximum atomic E-state index is 12.7. The first-order chi connectivity index (χ1) is 15.5. The zero-order valence-corrected chi connectivity index (χ0v) is 19.2. The van der Waals surface area contributed by atoms with Crippen LogP contribution in [0.2, 0.25) is 0 Å². The Balaban J connectivity index is 1.91. The third-order valence-corrected chi connectivity index (χ3v) is 5.68. The molecule has 32 heavy (non-hydrogen) atoms. The van der Waals surface area contributed by atoms with Gasteiger partial charge in [0.15, 0.2) is 11.2 Å². The van der Waals surface area contributed by atoms with Gasteiger partial charge in [-0.1, -0.05) is 51.3 Å². The molecule has 1 aromatic carbocycles. The molecule has 1 amide bonds. The molecule has 0 fully saturated rings. The molecule has 3 rings (SSSR count). The molecule has 0 spiro atoms. The Morgan fingerprint density at radius 3 is 2.47 bits per heavy atom. The van der Waals surface area contributed by atoms with Gasteiger partial charge < -0.3 is 9.88 Å². The Kier molecular flexibility index (Phi) is 8.03. The van der Waals surface area contributed by atoms with Gasteiger partial charge in [-0.15, -0.1) is 0 Å². The molecule has 0 aliphatic rings. The second kappa shape index (κ2) is 10.9. The van der Waals surface area contributed by atoms with E-state index in [0.29, 0.717) is 36.5 Å². The second-order valence-electron chi connectivity index (χ2n) is 8.19. The average Bonchev–Trinajstić information content (AvgIpc) is 3.13. The first-order valence-corrected chi connectivity index (χ1v) is 11.5. The number of nitrogens with zero attached hydrogens (tertiary/aromatic N) is 3. The van der Waals surface area contributed by atoms with Gasteiger partial charge in [-0.05, 0) is 31.4 Å². The summed E-state index contributed by atoms with van der Waals surface area (Å²) in [5.41, 5.74) is 1.78. The van der Waals surface area contributed by atoms with Gasteiger partial charge in [0, 0.05) is 31.6 Å². The molecule has 8 nitrogen and oxygen atoms in total. The fourth-order valence-corrected chi connectivity index (χ4v) is 3.84. The van der Waals surface area contributed by atoms with Crippen LogP contribution in [0, 0.1) is 6.92 Å². The van der Waals surface area contributed by atoms with Gasteiger partial charge in [0.05, 0.1) is 0 Å². The maximum absolute atomic E-state index is 12.7. The molecule has 0 atom stereocenters. The first-order valence-electron chi connectivity index (χ1n) is 11.5. The molecule has 0 saturated heterocycles. The third kappa shape index (κ3) is 5.36. The highest BCUT2D eigenvalue weighted by molar-refractivity contribution is 5.91. The monoisotopic (exact) mass is 439 g/mol. The predicted octanol–water partition coefficient (Wildman–Crippen LogP) is 3.76. The van der Waals surface area contributed by atoms with Crippen molar-refractivity contribution in [1.82, 2.24) is 19.1 Å². The Morgan fingerprint density at radius 2 is 1.75 bits per heavy atom. The molecule has 0 aliphatic heterocycles. The van der Waals surface area contributed by atoms with E-state index in [1.165, 1.54) is 0 Å². The van der Waals surface area contributed by atoms with Crippen molar-refractivity contribution < 1.29 is 4.79 Å². The van der Waals surface area contributed by atoms with Gasteiger partial charge in [0.25, 0.3) is 5.56 Å². The molecular formula is C24H33N5O3. The lowest BCUT2D eigenvalue weighted by molar-refractivity contribution is -0.116. The van der Waals surface area contributed by atoms with E-state index in [0.717, 1.165) is 43.4 Å². The minimum atomic E-state index is -0.432. The van der Waals surface area contributed by atoms with Crippen LogP contribution >= 0.6 is 0 Å². The molecule has 172 valence electrons. The van der Waals surface area contributed by atoms with Crippen LogP contribution in [-0.4, -0.2) is 25.0 Å². The lowest BCUT2D eigenvalue weighted by atomic mass is 10.2. The largest absolute Gasteiger partial charge is 0.330 e. The van der Waals surface area contributed by atoms with Crippen molar-refractivity contribution >= 4 is 22.8 Å². The average molecular weight is 440 g/mol. The Hall–Kier alpha value is -3.16. The molecular weight excluding hydrogens is 406 g/mol. The number of para-hydroxylation sites is 1. The van der Waals surface area contributed by atoms with Crippen LogP contribution in [0.4, 0.5) is 5.69 Å². The summed E-state index contributed by atoms with van der Waals surface area (Å²) < 4.78 is 3.44. The van der Waals surface area contributed by atoms with Crippen molar-refractivity contribution in [2.75, 3.05) is 5.32 Å². The van der Waals surface area contributed by atoms with Crippen LogP contribution in [0.15, 0.2) is 33.9 Å². The van der Waals surface area contributed by atoms with E-state index >= 15 is 0 Å². The quantitative estimate of drug-likeness (QED) is 0.444. The molecule has 3 aromatic rings. The number of benzene rings is 1. The summed E-state index contributed by atoms with van der Waals surface area (Å²) >= 11 is 0. The number of aryl methyl sites for hydroxylation is 4. The van der Waals surface area contributed by atoms with Gasteiger partial charge in [-0.25, -0.2) is 9.78 Å². The van der Waals surface area contributed by atoms with Crippen molar-refractivity contribution in [2.24, 2.45) is 0 Å². The normalized spacial score (nSPS) is 11.2. The standard InChI is InChI=1S/C24H33N5O3/c1-4-6-10-16-28-19(13-14-20(30)25-18-12-9-8-11-17(18)3)26-22-21(28)23(31)27-24(32)29(22)15-7-5-2/h8-9,11-12H,4-7,10,13-16H2,1-3H3,(H,25,30)(H,27,31,32). The summed E-state index contributed by atoms with van der Waals surface area (Å²) in [7, 11) is 0. The smallest absolute Gasteiger partial charge is 0.326 e. The molecule has 0 radical (unpaired) electrons. The van der Waals surface area contributed by atoms with Gasteiger partial charge in [0.2, 0.25) is 5.91 Å². The molecule has 2 aromatic heterocycles. The zero-order valence-electron chi connectivity index (χ0n) is 19.2. The number of aromatic nitrogens is 4. The molecule has 0 bridgehead atoms. The number of hydrogen-bond donors (Lipinski definition) is 2. The van der Waals surface area contributed by atoms with Gasteiger partial charge in [-0.2, -0.15) is 0 Å². The minimum absolute atomic E-state index is 0.108. The number of unbranched alkanes of at least 4 members (excludes halogenated alkanes) is 3. The van der Waals surface area contributed by atoms with Crippen LogP contribution in [0.1, 0.15) is 63.8 Å². The van der Waals surface area contributed by atoms with Crippen molar-refractivity contribution in [3.05, 3.63) is 56.5 Å². The highest BCUT2D eigenvalue weighted by atomic mass is 16.2. The summed E-state index contributed by atoms with van der Waals surface area (Å²) in [5.74, 6) is 0.557. The predicted molar refractivity (Wildman–Crippen MR) is 127 cm³/mol. The van der Waals surface area contributed by atoms with Crippen LogP contribution in [0.3, 0.4) is 0 Å². The number of amides is 1. The SMILES string of the molecule is CCCCCn1c(CCC(=O)Nc2ccccc2C)nc2c1c(=O)[nH]c(=O)n2CCCC. The molecule has 0 unspecified atom stereocenters. The Labute approximate surface area is 187 Å². The molecule has 2 heterocycles. The molecule has 0 saturated carbocycles. The number of rotatable bonds is 11. The number of carbonyl (C=O) groups excluding carboxylic acids is 1. The number of nitrogens with one attached hydrogen (secondary N) is 2. The topological polar surface area (TPSA) is 102 Å². The number of H-pyrrole nitrogens is 1. The van der Waals surface area contributed by atoms with Crippen LogP contribution < -0.4 is 16.6 Å². The molecule has 2 N–H and O–H groups in total. The highest BCUT2D eigenvalue weighted by Gasteiger charge is 2.19. The zero-order chi connectivity index (χ0) is 23.1. The number of carbonyl (C=O) groups is 1. The number of aromatic amines is 1. The van der Waals surface area contributed by atoms with Crippen molar-refractivity contribution in [3.63, 3.8) is 0 Å². The summed E-state index contributed by atoms with van der Waals surface area (Å²) in [6.45, 7) is 7.26. The summed E-state index contributed by atoms with van der Waals surface area (Å²) in [6, 6.07) is 7.64. The van der Waals surface area contributed by atoms with E-state index in [4.69, 9.17) is 0 Å². The van der Waals surface area contributed by atoms with Crippen molar-refractivity contribution in [3.8, 4) is 0 Å². The lowest BCUT2D eigenvalue weighted by Gasteiger charge is -2.10. The van der Waals surface area contributed by atoms with Crippen LogP contribution in [0.5, 0.6) is 0 Å². The van der Waals surface area contributed by atoms with Gasteiger partial charge in [-0.3, -0.25) is 19.1 Å². The van der Waals surface area contributed by atoms with E-state index in [9.17, 15) is 14.4 Å². The Bertz CT molecular complexity index is 1190. The fraction of sp³-hybridized carbons (Fsp3) is 0.500. The van der Waals surface area contributed by atoms with E-state index < -0.39 is 11.2 Å². The third-order valence-electron chi connectivity index (χ3n) is 5.68. The van der Waals surface area contributed by atoms with E-state index in [-0.39, 0.29) is 12.3 Å². The molecule has 0 aliphatic carbocycles. The van der Waals surface area contributed by atoms with Gasteiger partial charge in [0.1, 0.15) is 5.82 Å². The van der Waals surface area contributed by atoms with E-state index in [1.54, 1.807) is 4.57 Å². The summed E-state index contributed by atoms with van der Waals surface area (Å²) in [4.78, 5) is 44.9. The lowest BCUT2D eigenvalue weighted by Crippen LogP contribution is -2.31. The summed E-state index contributed by atoms with van der Waals surface area (Å²) in [5, 5.41) is 2.95. The number of imidazole rings is 1. The van der Waals surface area contributed by atoms with Crippen LogP contribution in [0.25, 0.3) is 11.2 Å². The summed E-state index contributed by atoms with van der Waals surface area (Å²) in [6.07, 6.45) is 5.35. The minimum Gasteiger partial charge on any atom is -0.326 e. The fourth-order valence-electron chi connectivity index (χ4n) is 3.84. The highest BCUT2D eigenvalue weighted by Crippen LogP contribution is 2.17. The Morgan fingerprint density at radius 1 is 1.03 bits per heavy atom. The van der Waals surface area contributed by atoms with Crippen molar-refractivity contribution in [2.45, 2.75) is 78.8 Å². The number of anilines is 1. The van der Waals surface area contributed by atoms with Gasteiger partial charge >= 0.3 is 5.69 Å². The van der Waals surface area contributed by atoms with E-state index in [1.807, 2.05) is 35.8 Å². The van der Waals surface area contributed by atoms with Crippen LogP contribution in [-0.2, 0) is 24.3 Å².